The molecule has 0 unspecified atom stereocenters. The molecule has 10 nitrogen and oxygen atoms in total. The zero-order valence-electron chi connectivity index (χ0n) is 17.3. The second kappa shape index (κ2) is 10.4. The normalized spacial score (nSPS) is 12.5. The third kappa shape index (κ3) is 6.14. The van der Waals surface area contributed by atoms with Crippen LogP contribution in [0.1, 0.15) is 37.0 Å². The highest BCUT2D eigenvalue weighted by atomic mass is 19.1. The maximum absolute atomic E-state index is 14.6. The molecule has 2 heterocycles. The van der Waals surface area contributed by atoms with E-state index in [-0.39, 0.29) is 28.7 Å². The number of hydrogen-bond acceptors (Lipinski definition) is 7. The summed E-state index contributed by atoms with van der Waals surface area (Å²) >= 11 is 0. The number of rotatable bonds is 10. The van der Waals surface area contributed by atoms with Crippen molar-refractivity contribution in [2.75, 3.05) is 23.0 Å². The van der Waals surface area contributed by atoms with Gasteiger partial charge in [-0.2, -0.15) is 0 Å². The maximum atomic E-state index is 14.6. The summed E-state index contributed by atoms with van der Waals surface area (Å²) in [5.41, 5.74) is 5.25. The second-order valence-electron chi connectivity index (χ2n) is 6.79. The molecule has 0 aliphatic carbocycles. The average molecular weight is 437 g/mol. The topological polar surface area (TPSA) is 154 Å². The number of nitrogens with two attached hydrogens (primary N) is 1. The average Bonchev–Trinajstić information content (AvgIpc) is 2.69. The number of carbonyl (C=O) groups is 2. The van der Waals surface area contributed by atoms with Crippen molar-refractivity contribution in [2.24, 2.45) is 5.73 Å². The lowest BCUT2D eigenvalue weighted by molar-refractivity contribution is 0.100. The molecule has 168 valence electrons. The molecule has 0 fully saturated rings. The van der Waals surface area contributed by atoms with Crippen molar-refractivity contribution < 1.29 is 23.5 Å². The van der Waals surface area contributed by atoms with Gasteiger partial charge in [0.2, 0.25) is 0 Å². The molecule has 2 atom stereocenters. The quantitative estimate of drug-likeness (QED) is 0.332. The van der Waals surface area contributed by atoms with Crippen molar-refractivity contribution in [1.29, 1.82) is 0 Å². The number of primary amides is 1. The maximum Gasteiger partial charge on any atom is 0.404 e. The summed E-state index contributed by atoms with van der Waals surface area (Å²) in [6.45, 7) is 3.53. The fourth-order valence-electron chi connectivity index (χ4n) is 2.93. The molecule has 31 heavy (non-hydrogen) atoms. The number of aromatic nitrogens is 2. The molecule has 0 aliphatic rings. The van der Waals surface area contributed by atoms with E-state index in [2.05, 4.69) is 31.2 Å². The second-order valence-corrected chi connectivity index (χ2v) is 6.79. The van der Waals surface area contributed by atoms with E-state index in [1.54, 1.807) is 6.92 Å². The van der Waals surface area contributed by atoms with Gasteiger partial charge >= 0.3 is 6.09 Å². The number of amides is 2. The smallest absolute Gasteiger partial charge is 0.404 e. The van der Waals surface area contributed by atoms with Crippen LogP contribution in [0.5, 0.6) is 0 Å². The Morgan fingerprint density at radius 3 is 2.42 bits per heavy atom. The van der Waals surface area contributed by atoms with E-state index in [0.717, 1.165) is 12.1 Å². The summed E-state index contributed by atoms with van der Waals surface area (Å²) in [5, 5.41) is 19.5. The molecule has 2 aromatic rings. The number of carboxylic acid groups (broad SMARTS) is 1. The Morgan fingerprint density at radius 2 is 1.87 bits per heavy atom. The van der Waals surface area contributed by atoms with E-state index in [9.17, 15) is 18.4 Å². The van der Waals surface area contributed by atoms with Crippen LogP contribution in [-0.2, 0) is 0 Å². The van der Waals surface area contributed by atoms with Crippen LogP contribution in [0.25, 0.3) is 0 Å². The molecule has 12 heteroatoms. The first-order valence-electron chi connectivity index (χ1n) is 9.52. The van der Waals surface area contributed by atoms with Gasteiger partial charge in [-0.15, -0.1) is 0 Å². The minimum atomic E-state index is -1.21. The molecular weight excluding hydrogens is 412 g/mol. The predicted molar refractivity (Wildman–Crippen MR) is 113 cm³/mol. The number of anilines is 4. The van der Waals surface area contributed by atoms with Gasteiger partial charge in [-0.25, -0.2) is 23.5 Å². The monoisotopic (exact) mass is 437 g/mol. The number of hydrogen-bond donors (Lipinski definition) is 6. The first kappa shape index (κ1) is 23.6. The van der Waals surface area contributed by atoms with Crippen LogP contribution in [0, 0.1) is 11.6 Å². The fourth-order valence-corrected chi connectivity index (χ4v) is 2.93. The van der Waals surface area contributed by atoms with Gasteiger partial charge in [0.1, 0.15) is 5.82 Å². The molecule has 0 aromatic carbocycles. The summed E-state index contributed by atoms with van der Waals surface area (Å²) in [7, 11) is 1.51. The van der Waals surface area contributed by atoms with Crippen molar-refractivity contribution in [2.45, 2.75) is 38.8 Å². The van der Waals surface area contributed by atoms with Crippen molar-refractivity contribution in [3.63, 3.8) is 0 Å². The minimum absolute atomic E-state index is 0.0254. The summed E-state index contributed by atoms with van der Waals surface area (Å²) < 4.78 is 28.6. The number of nitrogens with zero attached hydrogens (tertiary/aromatic N) is 2. The number of nitrogens with one attached hydrogen (secondary N) is 4. The summed E-state index contributed by atoms with van der Waals surface area (Å²) in [6.07, 6.45) is 1.30. The van der Waals surface area contributed by atoms with E-state index in [1.165, 1.54) is 13.2 Å². The Balaban J connectivity index is 2.40. The molecule has 7 N–H and O–H groups in total. The van der Waals surface area contributed by atoms with Crippen molar-refractivity contribution in [3.05, 3.63) is 35.5 Å². The highest BCUT2D eigenvalue weighted by Crippen LogP contribution is 2.26. The lowest BCUT2D eigenvalue weighted by atomic mass is 10.0. The van der Waals surface area contributed by atoms with Crippen LogP contribution in [0.2, 0.25) is 0 Å². The Hall–Kier alpha value is -3.70. The van der Waals surface area contributed by atoms with E-state index in [0.29, 0.717) is 12.8 Å². The first-order chi connectivity index (χ1) is 14.7. The van der Waals surface area contributed by atoms with Crippen molar-refractivity contribution in [3.8, 4) is 0 Å². The largest absolute Gasteiger partial charge is 0.465 e. The van der Waals surface area contributed by atoms with Gasteiger partial charge in [0.15, 0.2) is 23.3 Å². The van der Waals surface area contributed by atoms with E-state index in [1.807, 2.05) is 6.92 Å². The Bertz CT molecular complexity index is 958. The minimum Gasteiger partial charge on any atom is -0.465 e. The summed E-state index contributed by atoms with van der Waals surface area (Å²) in [6, 6.07) is 0.993. The van der Waals surface area contributed by atoms with Gasteiger partial charge < -0.3 is 32.1 Å². The fraction of sp³-hybridized carbons (Fsp3) is 0.368. The molecule has 0 saturated carbocycles. The van der Waals surface area contributed by atoms with Crippen LogP contribution in [0.4, 0.5) is 36.7 Å². The zero-order chi connectivity index (χ0) is 23.1. The van der Waals surface area contributed by atoms with Gasteiger partial charge in [-0.05, 0) is 19.4 Å². The van der Waals surface area contributed by atoms with Gasteiger partial charge in [0, 0.05) is 25.2 Å². The molecule has 0 bridgehead atoms. The highest BCUT2D eigenvalue weighted by Gasteiger charge is 2.22. The van der Waals surface area contributed by atoms with Crippen LogP contribution >= 0.6 is 0 Å². The standard InChI is InChI=1S/C19H25F2N7O3/c1-4-5-14(9(2)25-19(30)31)27-18-13(21)7-11(15(22)29)16(28-18)26-10-6-12(20)17(23-3)24-8-10/h6-9,14,25H,4-5H2,1-3H3,(H2,22,29)(H,23,24)(H,30,31)(H2,26,27,28)/t9-,14-/m0/s1. The van der Waals surface area contributed by atoms with Gasteiger partial charge in [0.05, 0.1) is 17.4 Å². The Morgan fingerprint density at radius 1 is 1.19 bits per heavy atom. The Kier molecular flexibility index (Phi) is 7.88. The van der Waals surface area contributed by atoms with E-state index >= 15 is 0 Å². The number of pyridine rings is 2. The van der Waals surface area contributed by atoms with Crippen LogP contribution in [0.15, 0.2) is 18.3 Å². The Labute approximate surface area is 177 Å². The molecule has 2 aromatic heterocycles. The molecule has 0 spiro atoms. The van der Waals surface area contributed by atoms with Gasteiger partial charge in [-0.3, -0.25) is 4.79 Å². The van der Waals surface area contributed by atoms with Crippen LogP contribution in [-0.4, -0.2) is 46.2 Å². The number of carbonyl (C=O) groups excluding carboxylic acids is 1. The van der Waals surface area contributed by atoms with Gasteiger partial charge in [0.25, 0.3) is 5.91 Å². The molecule has 2 amide bonds. The van der Waals surface area contributed by atoms with Crippen molar-refractivity contribution >= 4 is 35.1 Å². The predicted octanol–water partition coefficient (Wildman–Crippen LogP) is 2.88. The highest BCUT2D eigenvalue weighted by molar-refractivity contribution is 5.98. The lowest BCUT2D eigenvalue weighted by Crippen LogP contribution is -2.44. The molecule has 2 rings (SSSR count). The first-order valence-corrected chi connectivity index (χ1v) is 9.52. The van der Waals surface area contributed by atoms with Crippen LogP contribution < -0.4 is 27.0 Å². The molecule has 0 radical (unpaired) electrons. The third-order valence-electron chi connectivity index (χ3n) is 4.46. The van der Waals surface area contributed by atoms with Crippen LogP contribution in [0.3, 0.4) is 0 Å². The van der Waals surface area contributed by atoms with E-state index < -0.39 is 35.7 Å². The zero-order valence-corrected chi connectivity index (χ0v) is 17.3. The molecule has 0 saturated heterocycles. The SMILES string of the molecule is CCC[C@H](Nc1nc(Nc2cnc(NC)c(F)c2)c(C(N)=O)cc1F)[C@H](C)NC(=O)O. The van der Waals surface area contributed by atoms with Gasteiger partial charge in [-0.1, -0.05) is 13.3 Å². The van der Waals surface area contributed by atoms with E-state index in [4.69, 9.17) is 10.8 Å². The summed E-state index contributed by atoms with van der Waals surface area (Å²) in [5.74, 6) is -2.73. The third-order valence-corrected chi connectivity index (χ3v) is 4.46. The molecule has 0 aliphatic heterocycles. The summed E-state index contributed by atoms with van der Waals surface area (Å²) in [4.78, 5) is 30.7. The number of halogens is 2. The lowest BCUT2D eigenvalue weighted by Gasteiger charge is -2.26. The molecular formula is C19H25F2N7O3. The van der Waals surface area contributed by atoms with Crippen molar-refractivity contribution in [1.82, 2.24) is 15.3 Å².